The fourth-order valence-electron chi connectivity index (χ4n) is 4.75. The molecule has 8 nitrogen and oxygen atoms in total. The normalized spacial score (nSPS) is 11.6. The lowest BCUT2D eigenvalue weighted by Crippen LogP contribution is -2.11. The third kappa shape index (κ3) is 4.53. The Hall–Kier alpha value is -4.47. The van der Waals surface area contributed by atoms with Gasteiger partial charge < -0.3 is 15.6 Å². The summed E-state index contributed by atoms with van der Waals surface area (Å²) in [6.07, 6.45) is 7.20. The van der Waals surface area contributed by atoms with Gasteiger partial charge in [-0.25, -0.2) is 9.37 Å². The van der Waals surface area contributed by atoms with Crippen LogP contribution in [0.5, 0.6) is 0 Å². The Kier molecular flexibility index (Phi) is 6.36. The number of nitrogens with one attached hydrogen (secondary N) is 4. The number of aromatic amines is 2. The molecule has 9 heteroatoms. The zero-order valence-electron chi connectivity index (χ0n) is 21.1. The molecule has 4 heterocycles. The van der Waals surface area contributed by atoms with Crippen LogP contribution in [0.25, 0.3) is 55.7 Å². The van der Waals surface area contributed by atoms with Gasteiger partial charge in [0.05, 0.1) is 22.7 Å². The minimum atomic E-state index is -0.296. The van der Waals surface area contributed by atoms with Gasteiger partial charge in [0.1, 0.15) is 11.5 Å². The van der Waals surface area contributed by atoms with Gasteiger partial charge in [-0.05, 0) is 72.2 Å². The van der Waals surface area contributed by atoms with Crippen LogP contribution in [0, 0.1) is 5.82 Å². The van der Waals surface area contributed by atoms with Crippen LogP contribution in [0.1, 0.15) is 18.1 Å². The summed E-state index contributed by atoms with van der Waals surface area (Å²) in [5.41, 5.74) is 8.62. The molecule has 0 aliphatic rings. The number of halogens is 1. The van der Waals surface area contributed by atoms with Gasteiger partial charge >= 0.3 is 0 Å². The van der Waals surface area contributed by atoms with Crippen molar-refractivity contribution in [1.82, 2.24) is 40.8 Å². The van der Waals surface area contributed by atoms with Crippen molar-refractivity contribution in [3.63, 3.8) is 0 Å². The maximum Gasteiger partial charge on any atom is 0.159 e. The van der Waals surface area contributed by atoms with Crippen LogP contribution >= 0.6 is 0 Å². The van der Waals surface area contributed by atoms with E-state index in [0.29, 0.717) is 23.6 Å². The highest BCUT2D eigenvalue weighted by atomic mass is 19.1. The molecule has 0 aliphatic heterocycles. The molecule has 0 aliphatic carbocycles. The second-order valence-electron chi connectivity index (χ2n) is 9.24. The van der Waals surface area contributed by atoms with Crippen LogP contribution < -0.4 is 10.6 Å². The predicted molar refractivity (Wildman–Crippen MR) is 148 cm³/mol. The summed E-state index contributed by atoms with van der Waals surface area (Å²) in [5, 5.41) is 15.0. The summed E-state index contributed by atoms with van der Waals surface area (Å²) >= 11 is 0. The quantitative estimate of drug-likeness (QED) is 0.226. The Morgan fingerprint density at radius 1 is 0.842 bits per heavy atom. The van der Waals surface area contributed by atoms with Gasteiger partial charge in [-0.2, -0.15) is 5.10 Å². The predicted octanol–water partition coefficient (Wildman–Crippen LogP) is 5.20. The van der Waals surface area contributed by atoms with Gasteiger partial charge in [-0.15, -0.1) is 0 Å². The van der Waals surface area contributed by atoms with Crippen LogP contribution in [0.3, 0.4) is 0 Å². The van der Waals surface area contributed by atoms with E-state index in [4.69, 9.17) is 4.98 Å². The highest BCUT2D eigenvalue weighted by Crippen LogP contribution is 2.33. The van der Waals surface area contributed by atoms with E-state index in [-0.39, 0.29) is 5.82 Å². The Labute approximate surface area is 218 Å². The molecular formula is C29H27FN8. The third-order valence-corrected chi connectivity index (χ3v) is 6.54. The van der Waals surface area contributed by atoms with Gasteiger partial charge in [-0.3, -0.25) is 15.1 Å². The fourth-order valence-corrected chi connectivity index (χ4v) is 4.75. The van der Waals surface area contributed by atoms with Crippen molar-refractivity contribution in [2.45, 2.75) is 20.0 Å². The van der Waals surface area contributed by atoms with E-state index in [0.717, 1.165) is 62.9 Å². The molecule has 190 valence electrons. The van der Waals surface area contributed by atoms with Crippen molar-refractivity contribution in [2.24, 2.45) is 0 Å². The number of pyridine rings is 2. The van der Waals surface area contributed by atoms with E-state index in [1.54, 1.807) is 12.4 Å². The first-order chi connectivity index (χ1) is 18.6. The van der Waals surface area contributed by atoms with Crippen molar-refractivity contribution < 1.29 is 4.39 Å². The SMILES string of the molecule is CCNCc1cncc(-c2ccc3[nH]nc(-c4nc5c(-c6cc(F)cc(CNC)c6)cncc5[nH]4)c3c2)c1. The molecule has 0 amide bonds. The summed E-state index contributed by atoms with van der Waals surface area (Å²) in [6.45, 7) is 4.32. The second-order valence-corrected chi connectivity index (χ2v) is 9.24. The van der Waals surface area contributed by atoms with E-state index in [9.17, 15) is 4.39 Å². The van der Waals surface area contributed by atoms with Crippen molar-refractivity contribution in [2.75, 3.05) is 13.6 Å². The molecular weight excluding hydrogens is 479 g/mol. The first-order valence-electron chi connectivity index (χ1n) is 12.5. The molecule has 0 saturated carbocycles. The summed E-state index contributed by atoms with van der Waals surface area (Å²) in [4.78, 5) is 17.1. The molecule has 0 atom stereocenters. The first kappa shape index (κ1) is 23.9. The van der Waals surface area contributed by atoms with Crippen LogP contribution in [-0.2, 0) is 13.1 Å². The van der Waals surface area contributed by atoms with Crippen molar-refractivity contribution in [3.05, 3.63) is 84.2 Å². The maximum absolute atomic E-state index is 14.4. The topological polar surface area (TPSA) is 107 Å². The van der Waals surface area contributed by atoms with E-state index in [2.05, 4.69) is 60.9 Å². The lowest BCUT2D eigenvalue weighted by molar-refractivity contribution is 0.624. The monoisotopic (exact) mass is 506 g/mol. The van der Waals surface area contributed by atoms with Gasteiger partial charge in [0.25, 0.3) is 0 Å². The van der Waals surface area contributed by atoms with E-state index < -0.39 is 0 Å². The molecule has 0 radical (unpaired) electrons. The lowest BCUT2D eigenvalue weighted by Gasteiger charge is -2.06. The number of H-pyrrole nitrogens is 2. The number of imidazole rings is 1. The highest BCUT2D eigenvalue weighted by molar-refractivity contribution is 5.98. The minimum absolute atomic E-state index is 0.296. The van der Waals surface area contributed by atoms with E-state index in [1.165, 1.54) is 12.1 Å². The second kappa shape index (κ2) is 10.1. The number of nitrogens with zero attached hydrogens (tertiary/aromatic N) is 4. The summed E-state index contributed by atoms with van der Waals surface area (Å²) < 4.78 is 14.4. The molecule has 2 aromatic carbocycles. The Balaban J connectivity index is 1.42. The molecule has 6 rings (SSSR count). The fraction of sp³-hybridized carbons (Fsp3) is 0.172. The average Bonchev–Trinajstić information content (AvgIpc) is 3.55. The first-order valence-corrected chi connectivity index (χ1v) is 12.5. The number of fused-ring (bicyclic) bond motifs is 2. The number of benzene rings is 2. The minimum Gasteiger partial charge on any atom is -0.335 e. The van der Waals surface area contributed by atoms with Crippen LogP contribution in [0.2, 0.25) is 0 Å². The number of aromatic nitrogens is 6. The maximum atomic E-state index is 14.4. The third-order valence-electron chi connectivity index (χ3n) is 6.54. The standard InChI is InChI=1S/C29H27FN8/c1-3-32-12-18-7-21(14-33-13-18)19-4-5-25-23(10-19)28(38-37-25)29-35-26-16-34-15-24(27(26)36-29)20-6-17(11-31-2)8-22(30)9-20/h4-10,13-16,31-32H,3,11-12H2,1-2H3,(H,35,36)(H,37,38). The molecule has 38 heavy (non-hydrogen) atoms. The number of hydrogen-bond donors (Lipinski definition) is 4. The summed E-state index contributed by atoms with van der Waals surface area (Å²) in [6, 6.07) is 13.3. The van der Waals surface area contributed by atoms with Crippen molar-refractivity contribution in [1.29, 1.82) is 0 Å². The zero-order valence-corrected chi connectivity index (χ0v) is 21.1. The van der Waals surface area contributed by atoms with Crippen LogP contribution in [-0.4, -0.2) is 43.7 Å². The summed E-state index contributed by atoms with van der Waals surface area (Å²) in [5.74, 6) is 0.318. The largest absolute Gasteiger partial charge is 0.335 e. The summed E-state index contributed by atoms with van der Waals surface area (Å²) in [7, 11) is 1.84. The van der Waals surface area contributed by atoms with Gasteiger partial charge in [0.15, 0.2) is 5.82 Å². The number of hydrogen-bond acceptors (Lipinski definition) is 6. The van der Waals surface area contributed by atoms with E-state index in [1.807, 2.05) is 31.6 Å². The smallest absolute Gasteiger partial charge is 0.159 e. The average molecular weight is 507 g/mol. The highest BCUT2D eigenvalue weighted by Gasteiger charge is 2.17. The van der Waals surface area contributed by atoms with Gasteiger partial charge in [0, 0.05) is 48.2 Å². The molecule has 0 spiro atoms. The van der Waals surface area contributed by atoms with Crippen molar-refractivity contribution >= 4 is 21.9 Å². The van der Waals surface area contributed by atoms with Crippen molar-refractivity contribution in [3.8, 4) is 33.8 Å². The van der Waals surface area contributed by atoms with E-state index >= 15 is 0 Å². The molecule has 0 fully saturated rings. The number of rotatable bonds is 8. The molecule has 0 saturated heterocycles. The van der Waals surface area contributed by atoms with Crippen LogP contribution in [0.15, 0.2) is 67.3 Å². The molecule has 4 N–H and O–H groups in total. The van der Waals surface area contributed by atoms with Crippen LogP contribution in [0.4, 0.5) is 4.39 Å². The van der Waals surface area contributed by atoms with Gasteiger partial charge in [-0.1, -0.05) is 13.0 Å². The lowest BCUT2D eigenvalue weighted by atomic mass is 10.0. The Morgan fingerprint density at radius 2 is 1.71 bits per heavy atom. The molecule has 0 unspecified atom stereocenters. The molecule has 4 aromatic heterocycles. The Morgan fingerprint density at radius 3 is 2.58 bits per heavy atom. The Bertz CT molecular complexity index is 1750. The zero-order chi connectivity index (χ0) is 26.1. The molecule has 6 aromatic rings. The molecule has 0 bridgehead atoms. The van der Waals surface area contributed by atoms with Gasteiger partial charge in [0.2, 0.25) is 0 Å².